The molecule has 2 aromatic rings. The number of carbonyl (C=O) groups excluding carboxylic acids is 2. The van der Waals surface area contributed by atoms with Gasteiger partial charge in [-0.3, -0.25) is 9.59 Å². The molecule has 0 radical (unpaired) electrons. The number of benzene rings is 2. The maximum Gasteiger partial charge on any atom is 0.257 e. The minimum atomic E-state index is -0.386. The molecule has 0 heterocycles. The van der Waals surface area contributed by atoms with Crippen molar-refractivity contribution in [2.45, 2.75) is 6.92 Å². The van der Waals surface area contributed by atoms with Crippen molar-refractivity contribution in [2.24, 2.45) is 0 Å². The summed E-state index contributed by atoms with van der Waals surface area (Å²) in [6.45, 7) is 1.38. The maximum atomic E-state index is 12.3. The summed E-state index contributed by atoms with van der Waals surface area (Å²) in [6, 6.07) is 11.7. The highest BCUT2D eigenvalue weighted by molar-refractivity contribution is 6.44. The number of hydrogen-bond acceptors (Lipinski definition) is 2. The van der Waals surface area contributed by atoms with Crippen LogP contribution in [-0.2, 0) is 4.79 Å². The molecule has 0 spiro atoms. The van der Waals surface area contributed by atoms with E-state index in [4.69, 9.17) is 23.2 Å². The Labute approximate surface area is 132 Å². The van der Waals surface area contributed by atoms with Crippen LogP contribution >= 0.6 is 23.2 Å². The Hall–Kier alpha value is -2.04. The molecule has 2 N–H and O–H groups in total. The first-order valence-electron chi connectivity index (χ1n) is 6.11. The summed E-state index contributed by atoms with van der Waals surface area (Å²) in [5.41, 5.74) is 1.18. The average Bonchev–Trinajstić information content (AvgIpc) is 2.44. The Morgan fingerprint density at radius 2 is 1.57 bits per heavy atom. The first-order valence-corrected chi connectivity index (χ1v) is 6.86. The van der Waals surface area contributed by atoms with Crippen molar-refractivity contribution in [3.8, 4) is 0 Å². The highest BCUT2D eigenvalue weighted by atomic mass is 35.5. The van der Waals surface area contributed by atoms with Gasteiger partial charge in [0, 0.05) is 6.92 Å². The van der Waals surface area contributed by atoms with E-state index < -0.39 is 0 Å². The molecule has 0 saturated carbocycles. The molecule has 2 amide bonds. The summed E-state index contributed by atoms with van der Waals surface area (Å²) in [6.07, 6.45) is 0. The molecular formula is C15H12Cl2N2O2. The van der Waals surface area contributed by atoms with E-state index in [1.54, 1.807) is 42.5 Å². The molecule has 0 atom stereocenters. The van der Waals surface area contributed by atoms with Crippen LogP contribution in [0.4, 0.5) is 11.4 Å². The molecule has 0 aromatic heterocycles. The first kappa shape index (κ1) is 15.4. The summed E-state index contributed by atoms with van der Waals surface area (Å²) in [7, 11) is 0. The highest BCUT2D eigenvalue weighted by Gasteiger charge is 2.14. The normalized spacial score (nSPS) is 10.0. The lowest BCUT2D eigenvalue weighted by Crippen LogP contribution is -2.16. The minimum Gasteiger partial charge on any atom is -0.326 e. The van der Waals surface area contributed by atoms with Gasteiger partial charge < -0.3 is 10.6 Å². The van der Waals surface area contributed by atoms with Gasteiger partial charge >= 0.3 is 0 Å². The van der Waals surface area contributed by atoms with E-state index in [1.807, 2.05) is 0 Å². The number of nitrogens with one attached hydrogen (secondary N) is 2. The van der Waals surface area contributed by atoms with Gasteiger partial charge in [-0.1, -0.05) is 41.4 Å². The van der Waals surface area contributed by atoms with Crippen molar-refractivity contribution in [1.82, 2.24) is 0 Å². The standard InChI is InChI=1S/C15H12Cl2N2O2/c1-9(20)18-12-7-3-2-5-10(12)15(21)19-13-8-4-6-11(16)14(13)17/h2-8H,1H3,(H,18,20)(H,19,21). The lowest BCUT2D eigenvalue weighted by Gasteiger charge is -2.11. The highest BCUT2D eigenvalue weighted by Crippen LogP contribution is 2.30. The largest absolute Gasteiger partial charge is 0.326 e. The quantitative estimate of drug-likeness (QED) is 0.889. The SMILES string of the molecule is CC(=O)Nc1ccccc1C(=O)Nc1cccc(Cl)c1Cl. The van der Waals surface area contributed by atoms with Crippen LogP contribution in [0.25, 0.3) is 0 Å². The maximum absolute atomic E-state index is 12.3. The molecule has 6 heteroatoms. The van der Waals surface area contributed by atoms with Crippen molar-refractivity contribution in [1.29, 1.82) is 0 Å². The zero-order valence-corrected chi connectivity index (χ0v) is 12.6. The number of carbonyl (C=O) groups is 2. The molecule has 0 saturated heterocycles. The third-order valence-corrected chi connectivity index (χ3v) is 3.50. The monoisotopic (exact) mass is 322 g/mol. The molecule has 0 aliphatic heterocycles. The van der Waals surface area contributed by atoms with Gasteiger partial charge in [-0.05, 0) is 24.3 Å². The molecule has 0 aliphatic carbocycles. The fraction of sp³-hybridized carbons (Fsp3) is 0.0667. The van der Waals surface area contributed by atoms with Crippen molar-refractivity contribution in [3.05, 3.63) is 58.1 Å². The number of rotatable bonds is 3. The molecule has 2 aromatic carbocycles. The van der Waals surface area contributed by atoms with E-state index in [2.05, 4.69) is 10.6 Å². The molecule has 0 fully saturated rings. The first-order chi connectivity index (χ1) is 9.99. The summed E-state index contributed by atoms with van der Waals surface area (Å²) in [4.78, 5) is 23.5. The van der Waals surface area contributed by atoms with Crippen LogP contribution < -0.4 is 10.6 Å². The second kappa shape index (κ2) is 6.61. The van der Waals surface area contributed by atoms with Gasteiger partial charge in [0.1, 0.15) is 0 Å². The smallest absolute Gasteiger partial charge is 0.257 e. The van der Waals surface area contributed by atoms with Crippen LogP contribution in [-0.4, -0.2) is 11.8 Å². The van der Waals surface area contributed by atoms with Crippen molar-refractivity contribution < 1.29 is 9.59 Å². The van der Waals surface area contributed by atoms with Crippen molar-refractivity contribution in [2.75, 3.05) is 10.6 Å². The molecule has 4 nitrogen and oxygen atoms in total. The fourth-order valence-electron chi connectivity index (χ4n) is 1.77. The van der Waals surface area contributed by atoms with Gasteiger partial charge in [-0.25, -0.2) is 0 Å². The van der Waals surface area contributed by atoms with Crippen LogP contribution in [0.1, 0.15) is 17.3 Å². The topological polar surface area (TPSA) is 58.2 Å². The Bertz CT molecular complexity index is 702. The Morgan fingerprint density at radius 3 is 2.29 bits per heavy atom. The minimum absolute atomic E-state index is 0.254. The van der Waals surface area contributed by atoms with Gasteiger partial charge in [-0.15, -0.1) is 0 Å². The van der Waals surface area contributed by atoms with Gasteiger partial charge in [0.2, 0.25) is 5.91 Å². The van der Waals surface area contributed by atoms with Crippen LogP contribution in [0.3, 0.4) is 0 Å². The summed E-state index contributed by atoms with van der Waals surface area (Å²) in [5, 5.41) is 5.90. The Balaban J connectivity index is 2.29. The van der Waals surface area contributed by atoms with E-state index in [0.29, 0.717) is 22.0 Å². The Kier molecular flexibility index (Phi) is 4.83. The third-order valence-electron chi connectivity index (χ3n) is 2.68. The van der Waals surface area contributed by atoms with Gasteiger partial charge in [0.15, 0.2) is 0 Å². The number of para-hydroxylation sites is 1. The molecule has 0 aliphatic rings. The average molecular weight is 323 g/mol. The summed E-state index contributed by atoms with van der Waals surface area (Å²) in [5.74, 6) is -0.639. The Morgan fingerprint density at radius 1 is 0.905 bits per heavy atom. The van der Waals surface area contributed by atoms with E-state index >= 15 is 0 Å². The fourth-order valence-corrected chi connectivity index (χ4v) is 2.12. The van der Waals surface area contributed by atoms with Gasteiger partial charge in [0.05, 0.1) is 27.0 Å². The van der Waals surface area contributed by atoms with Crippen molar-refractivity contribution in [3.63, 3.8) is 0 Å². The lowest BCUT2D eigenvalue weighted by atomic mass is 10.1. The van der Waals surface area contributed by atoms with E-state index in [0.717, 1.165) is 0 Å². The predicted octanol–water partition coefficient (Wildman–Crippen LogP) is 4.20. The van der Waals surface area contributed by atoms with Crippen LogP contribution in [0.15, 0.2) is 42.5 Å². The van der Waals surface area contributed by atoms with Crippen molar-refractivity contribution >= 4 is 46.4 Å². The van der Waals surface area contributed by atoms with Crippen LogP contribution in [0.5, 0.6) is 0 Å². The second-order valence-electron chi connectivity index (χ2n) is 4.28. The summed E-state index contributed by atoms with van der Waals surface area (Å²) < 4.78 is 0. The van der Waals surface area contributed by atoms with Gasteiger partial charge in [0.25, 0.3) is 5.91 Å². The third kappa shape index (κ3) is 3.74. The zero-order valence-electron chi connectivity index (χ0n) is 11.1. The molecular weight excluding hydrogens is 311 g/mol. The van der Waals surface area contributed by atoms with Crippen LogP contribution in [0.2, 0.25) is 10.0 Å². The molecule has 0 bridgehead atoms. The number of hydrogen-bond donors (Lipinski definition) is 2. The van der Waals surface area contributed by atoms with Gasteiger partial charge in [-0.2, -0.15) is 0 Å². The number of anilines is 2. The molecule has 0 unspecified atom stereocenters. The predicted molar refractivity (Wildman–Crippen MR) is 85.2 cm³/mol. The van der Waals surface area contributed by atoms with E-state index in [-0.39, 0.29) is 16.8 Å². The van der Waals surface area contributed by atoms with E-state index in [9.17, 15) is 9.59 Å². The molecule has 2 rings (SSSR count). The second-order valence-corrected chi connectivity index (χ2v) is 5.07. The lowest BCUT2D eigenvalue weighted by molar-refractivity contribution is -0.114. The number of halogens is 2. The number of amides is 2. The molecule has 21 heavy (non-hydrogen) atoms. The zero-order chi connectivity index (χ0) is 15.4. The van der Waals surface area contributed by atoms with Crippen LogP contribution in [0, 0.1) is 0 Å². The van der Waals surface area contributed by atoms with E-state index in [1.165, 1.54) is 6.92 Å². The summed E-state index contributed by atoms with van der Waals surface area (Å²) >= 11 is 11.9. The molecule has 108 valence electrons.